The van der Waals surface area contributed by atoms with Crippen LogP contribution < -0.4 is 0 Å². The molecule has 1 unspecified atom stereocenters. The van der Waals surface area contributed by atoms with E-state index in [9.17, 15) is 10.2 Å². The molecule has 24 heavy (non-hydrogen) atoms. The van der Waals surface area contributed by atoms with Crippen LogP contribution in [0.25, 0.3) is 21.9 Å². The van der Waals surface area contributed by atoms with Crippen molar-refractivity contribution in [1.82, 2.24) is 0 Å². The molecular formula is C20H18O4. The summed E-state index contributed by atoms with van der Waals surface area (Å²) in [5.74, 6) is 1.38. The van der Waals surface area contributed by atoms with E-state index < -0.39 is 0 Å². The average Bonchev–Trinajstić information content (AvgIpc) is 3.12. The largest absolute Gasteiger partial charge is 0.508 e. The van der Waals surface area contributed by atoms with Gasteiger partial charge in [-0.3, -0.25) is 0 Å². The summed E-state index contributed by atoms with van der Waals surface area (Å²) >= 11 is 0. The standard InChI is InChI=1S/C20H18O4/c1-11(16-9-19-13(3-4-23-19)8-18(16)22)6-15-7-14-5-12(2)17(21)10-20(14)24-15/h3-5,7-11,21-22H,6H2,1-2H3. The summed E-state index contributed by atoms with van der Waals surface area (Å²) in [6.45, 7) is 3.90. The minimum Gasteiger partial charge on any atom is -0.508 e. The van der Waals surface area contributed by atoms with Crippen LogP contribution in [0.15, 0.2) is 51.5 Å². The Hall–Kier alpha value is -2.88. The number of benzene rings is 2. The third-order valence-corrected chi connectivity index (χ3v) is 4.53. The molecule has 0 bridgehead atoms. The third-order valence-electron chi connectivity index (χ3n) is 4.53. The van der Waals surface area contributed by atoms with Crippen molar-refractivity contribution in [2.24, 2.45) is 0 Å². The molecule has 1 atom stereocenters. The number of rotatable bonds is 3. The van der Waals surface area contributed by atoms with Gasteiger partial charge in [-0.25, -0.2) is 0 Å². The van der Waals surface area contributed by atoms with Crippen LogP contribution in [0.3, 0.4) is 0 Å². The summed E-state index contributed by atoms with van der Waals surface area (Å²) in [6, 6.07) is 11.0. The Bertz CT molecular complexity index is 1000. The number of fused-ring (bicyclic) bond motifs is 2. The van der Waals surface area contributed by atoms with Crippen molar-refractivity contribution >= 4 is 21.9 Å². The lowest BCUT2D eigenvalue weighted by Crippen LogP contribution is -1.98. The summed E-state index contributed by atoms with van der Waals surface area (Å²) in [4.78, 5) is 0. The molecule has 0 aliphatic heterocycles. The minimum atomic E-state index is 0.0646. The summed E-state index contributed by atoms with van der Waals surface area (Å²) in [6.07, 6.45) is 2.26. The fourth-order valence-electron chi connectivity index (χ4n) is 3.17. The van der Waals surface area contributed by atoms with Gasteiger partial charge in [0, 0.05) is 28.8 Å². The van der Waals surface area contributed by atoms with Gasteiger partial charge in [-0.1, -0.05) is 6.92 Å². The third kappa shape index (κ3) is 2.40. The van der Waals surface area contributed by atoms with Crippen LogP contribution in [0, 0.1) is 6.92 Å². The molecule has 2 N–H and O–H groups in total. The highest BCUT2D eigenvalue weighted by atomic mass is 16.3. The Labute approximate surface area is 138 Å². The van der Waals surface area contributed by atoms with Crippen LogP contribution in [0.4, 0.5) is 0 Å². The number of hydrogen-bond donors (Lipinski definition) is 2. The number of aryl methyl sites for hydroxylation is 1. The SMILES string of the molecule is Cc1cc2cc(CC(C)c3cc4occc4cc3O)oc2cc1O. The number of aromatic hydroxyl groups is 2. The molecule has 2 heterocycles. The van der Waals surface area contributed by atoms with E-state index in [4.69, 9.17) is 8.83 Å². The maximum Gasteiger partial charge on any atom is 0.137 e. The van der Waals surface area contributed by atoms with Gasteiger partial charge in [-0.05, 0) is 48.7 Å². The van der Waals surface area contributed by atoms with E-state index in [1.54, 1.807) is 18.4 Å². The normalized spacial score (nSPS) is 12.9. The molecule has 0 aliphatic carbocycles. The van der Waals surface area contributed by atoms with Gasteiger partial charge >= 0.3 is 0 Å². The first kappa shape index (κ1) is 14.7. The average molecular weight is 322 g/mol. The van der Waals surface area contributed by atoms with Gasteiger partial charge in [-0.2, -0.15) is 0 Å². The summed E-state index contributed by atoms with van der Waals surface area (Å²) < 4.78 is 11.3. The number of furan rings is 2. The van der Waals surface area contributed by atoms with Crippen LogP contribution in [0.5, 0.6) is 11.5 Å². The fourth-order valence-corrected chi connectivity index (χ4v) is 3.17. The molecule has 4 heteroatoms. The maximum absolute atomic E-state index is 10.3. The highest BCUT2D eigenvalue weighted by Gasteiger charge is 2.16. The summed E-state index contributed by atoms with van der Waals surface area (Å²) in [5, 5.41) is 21.9. The Kier molecular flexibility index (Phi) is 3.27. The van der Waals surface area contributed by atoms with Gasteiger partial charge in [0.25, 0.3) is 0 Å². The molecule has 0 saturated heterocycles. The van der Waals surface area contributed by atoms with Crippen molar-refractivity contribution in [1.29, 1.82) is 0 Å². The summed E-state index contributed by atoms with van der Waals surface area (Å²) in [5.41, 5.74) is 3.09. The lowest BCUT2D eigenvalue weighted by Gasteiger charge is -2.12. The molecule has 2 aromatic carbocycles. The van der Waals surface area contributed by atoms with E-state index in [0.717, 1.165) is 33.2 Å². The Balaban J connectivity index is 1.67. The molecule has 0 amide bonds. The zero-order chi connectivity index (χ0) is 16.8. The van der Waals surface area contributed by atoms with Crippen molar-refractivity contribution < 1.29 is 19.0 Å². The van der Waals surface area contributed by atoms with Gasteiger partial charge in [0.05, 0.1) is 6.26 Å². The van der Waals surface area contributed by atoms with Gasteiger partial charge < -0.3 is 19.0 Å². The first-order valence-corrected chi connectivity index (χ1v) is 7.93. The van der Waals surface area contributed by atoms with E-state index in [1.165, 1.54) is 0 Å². The van der Waals surface area contributed by atoms with E-state index in [0.29, 0.717) is 12.0 Å². The Morgan fingerprint density at radius 3 is 2.62 bits per heavy atom. The lowest BCUT2D eigenvalue weighted by molar-refractivity contribution is 0.457. The minimum absolute atomic E-state index is 0.0646. The van der Waals surface area contributed by atoms with Gasteiger partial charge in [0.15, 0.2) is 0 Å². The maximum atomic E-state index is 10.3. The highest BCUT2D eigenvalue weighted by molar-refractivity contribution is 5.81. The van der Waals surface area contributed by atoms with Crippen LogP contribution in [-0.2, 0) is 6.42 Å². The lowest BCUT2D eigenvalue weighted by atomic mass is 9.95. The highest BCUT2D eigenvalue weighted by Crippen LogP contribution is 2.34. The predicted molar refractivity (Wildman–Crippen MR) is 92.6 cm³/mol. The van der Waals surface area contributed by atoms with Crippen molar-refractivity contribution in [2.45, 2.75) is 26.2 Å². The zero-order valence-electron chi connectivity index (χ0n) is 13.5. The van der Waals surface area contributed by atoms with Gasteiger partial charge in [0.2, 0.25) is 0 Å². The molecule has 0 saturated carbocycles. The van der Waals surface area contributed by atoms with E-state index in [1.807, 2.05) is 38.1 Å². The zero-order valence-corrected chi connectivity index (χ0v) is 13.5. The predicted octanol–water partition coefficient (Wildman–Crippen LogP) is 5.24. The second-order valence-corrected chi connectivity index (χ2v) is 6.36. The second kappa shape index (κ2) is 5.34. The summed E-state index contributed by atoms with van der Waals surface area (Å²) in [7, 11) is 0. The number of phenolic OH excluding ortho intramolecular Hbond substituents is 2. The Morgan fingerprint density at radius 2 is 1.79 bits per heavy atom. The molecule has 0 aliphatic rings. The molecular weight excluding hydrogens is 304 g/mol. The van der Waals surface area contributed by atoms with Gasteiger partial charge in [0.1, 0.15) is 28.4 Å². The van der Waals surface area contributed by atoms with Crippen molar-refractivity contribution in [3.8, 4) is 11.5 Å². The molecule has 122 valence electrons. The molecule has 0 radical (unpaired) electrons. The first-order valence-electron chi connectivity index (χ1n) is 7.93. The first-order chi connectivity index (χ1) is 11.5. The van der Waals surface area contributed by atoms with Gasteiger partial charge in [-0.15, -0.1) is 0 Å². The van der Waals surface area contributed by atoms with Crippen molar-refractivity contribution in [3.63, 3.8) is 0 Å². The molecule has 0 fully saturated rings. The topological polar surface area (TPSA) is 66.7 Å². The van der Waals surface area contributed by atoms with E-state index in [-0.39, 0.29) is 17.4 Å². The quantitative estimate of drug-likeness (QED) is 0.541. The molecule has 4 rings (SSSR count). The molecule has 2 aromatic heterocycles. The monoisotopic (exact) mass is 322 g/mol. The number of phenols is 2. The molecule has 4 nitrogen and oxygen atoms in total. The Morgan fingerprint density at radius 1 is 0.958 bits per heavy atom. The van der Waals surface area contributed by atoms with Crippen LogP contribution in [-0.4, -0.2) is 10.2 Å². The van der Waals surface area contributed by atoms with E-state index in [2.05, 4.69) is 0 Å². The van der Waals surface area contributed by atoms with Crippen LogP contribution >= 0.6 is 0 Å². The fraction of sp³-hybridized carbons (Fsp3) is 0.200. The molecule has 0 spiro atoms. The van der Waals surface area contributed by atoms with Crippen molar-refractivity contribution in [2.75, 3.05) is 0 Å². The smallest absolute Gasteiger partial charge is 0.137 e. The second-order valence-electron chi connectivity index (χ2n) is 6.36. The van der Waals surface area contributed by atoms with Crippen molar-refractivity contribution in [3.05, 3.63) is 59.5 Å². The molecule has 4 aromatic rings. The van der Waals surface area contributed by atoms with E-state index >= 15 is 0 Å². The van der Waals surface area contributed by atoms with Crippen LogP contribution in [0.2, 0.25) is 0 Å². The van der Waals surface area contributed by atoms with Crippen LogP contribution in [0.1, 0.15) is 29.7 Å². The number of hydrogen-bond acceptors (Lipinski definition) is 4.